The molecule has 7 nitrogen and oxygen atoms in total. The molecule has 0 aromatic heterocycles. The van der Waals surface area contributed by atoms with Crippen LogP contribution in [0.5, 0.6) is 0 Å². The van der Waals surface area contributed by atoms with Crippen LogP contribution in [-0.4, -0.2) is 44.8 Å². The molecule has 0 saturated heterocycles. The van der Waals surface area contributed by atoms with Crippen molar-refractivity contribution in [3.05, 3.63) is 132 Å². The predicted octanol–water partition coefficient (Wildman–Crippen LogP) is 5.53. The van der Waals surface area contributed by atoms with Gasteiger partial charge in [0.1, 0.15) is 18.4 Å². The minimum Gasteiger partial charge on any atom is -0.357 e. The first-order chi connectivity index (χ1) is 20.6. The quantitative estimate of drug-likeness (QED) is 0.231. The summed E-state index contributed by atoms with van der Waals surface area (Å²) in [7, 11) is -2.68. The van der Waals surface area contributed by atoms with Crippen LogP contribution in [0.1, 0.15) is 36.5 Å². The van der Waals surface area contributed by atoms with E-state index in [2.05, 4.69) is 5.32 Å². The number of carbonyl (C=O) groups excluding carboxylic acids is 2. The maximum absolute atomic E-state index is 14.3. The van der Waals surface area contributed by atoms with Crippen LogP contribution < -0.4 is 9.62 Å². The van der Waals surface area contributed by atoms with Crippen LogP contribution in [0.25, 0.3) is 0 Å². The molecule has 2 amide bonds. The molecule has 1 N–H and O–H groups in total. The molecular formula is C34H36FN3O4S. The molecule has 224 valence electrons. The highest BCUT2D eigenvalue weighted by atomic mass is 32.2. The normalized spacial score (nSPS) is 12.0. The van der Waals surface area contributed by atoms with Crippen LogP contribution in [0, 0.1) is 5.82 Å². The van der Waals surface area contributed by atoms with Crippen molar-refractivity contribution >= 4 is 27.5 Å². The van der Waals surface area contributed by atoms with Crippen molar-refractivity contribution in [3.8, 4) is 0 Å². The number of benzene rings is 4. The summed E-state index contributed by atoms with van der Waals surface area (Å²) in [6.07, 6.45) is 0.196. The van der Waals surface area contributed by atoms with Crippen LogP contribution in [0.2, 0.25) is 0 Å². The van der Waals surface area contributed by atoms with Crippen molar-refractivity contribution in [3.63, 3.8) is 0 Å². The van der Waals surface area contributed by atoms with Crippen molar-refractivity contribution in [1.29, 1.82) is 0 Å². The van der Waals surface area contributed by atoms with Crippen molar-refractivity contribution in [2.24, 2.45) is 0 Å². The highest BCUT2D eigenvalue weighted by Crippen LogP contribution is 2.27. The number of hydrogen-bond donors (Lipinski definition) is 1. The van der Waals surface area contributed by atoms with Gasteiger partial charge in [-0.1, -0.05) is 86.6 Å². The van der Waals surface area contributed by atoms with Gasteiger partial charge in [-0.2, -0.15) is 0 Å². The van der Waals surface area contributed by atoms with Gasteiger partial charge in [0.05, 0.1) is 10.6 Å². The van der Waals surface area contributed by atoms with Gasteiger partial charge in [0, 0.05) is 20.0 Å². The van der Waals surface area contributed by atoms with E-state index in [0.29, 0.717) is 11.3 Å². The Morgan fingerprint density at radius 2 is 1.37 bits per heavy atom. The number of rotatable bonds is 12. The monoisotopic (exact) mass is 601 g/mol. The summed E-state index contributed by atoms with van der Waals surface area (Å²) in [5, 5.41) is 2.65. The van der Waals surface area contributed by atoms with E-state index in [0.717, 1.165) is 15.4 Å². The fourth-order valence-corrected chi connectivity index (χ4v) is 6.22. The third kappa shape index (κ3) is 7.87. The Balaban J connectivity index is 1.78. The minimum absolute atomic E-state index is 0.0322. The summed E-state index contributed by atoms with van der Waals surface area (Å²) >= 11 is 0. The van der Waals surface area contributed by atoms with E-state index in [4.69, 9.17) is 0 Å². The average Bonchev–Trinajstić information content (AvgIpc) is 3.02. The Labute approximate surface area is 253 Å². The summed E-state index contributed by atoms with van der Waals surface area (Å²) in [4.78, 5) is 29.0. The highest BCUT2D eigenvalue weighted by Gasteiger charge is 2.34. The number of amides is 2. The molecule has 0 heterocycles. The second-order valence-corrected chi connectivity index (χ2v) is 12.4. The number of likely N-dealkylation sites (N-methyl/N-ethyl adjacent to an activating group) is 1. The van der Waals surface area contributed by atoms with Gasteiger partial charge in [0.15, 0.2) is 0 Å². The van der Waals surface area contributed by atoms with Gasteiger partial charge in [-0.05, 0) is 59.0 Å². The Bertz CT molecular complexity index is 1610. The lowest BCUT2D eigenvalue weighted by Crippen LogP contribution is -2.53. The fraction of sp³-hybridized carbons (Fsp3) is 0.235. The molecule has 4 aromatic rings. The molecule has 0 fully saturated rings. The Kier molecular flexibility index (Phi) is 10.3. The zero-order valence-electron chi connectivity index (χ0n) is 24.5. The second kappa shape index (κ2) is 14.1. The first-order valence-corrected chi connectivity index (χ1v) is 15.5. The molecule has 43 heavy (non-hydrogen) atoms. The Hall–Kier alpha value is -4.50. The number of sulfonamides is 1. The Morgan fingerprint density at radius 1 is 0.791 bits per heavy atom. The number of anilines is 1. The molecule has 4 rings (SSSR count). The van der Waals surface area contributed by atoms with E-state index in [1.807, 2.05) is 56.3 Å². The molecular weight excluding hydrogens is 565 g/mol. The summed E-state index contributed by atoms with van der Waals surface area (Å²) in [5.74, 6) is -1.19. The van der Waals surface area contributed by atoms with E-state index in [-0.39, 0.29) is 23.8 Å². The summed E-state index contributed by atoms with van der Waals surface area (Å²) in [6.45, 7) is 3.49. The first kappa shape index (κ1) is 31.4. The number of carbonyl (C=O) groups is 2. The van der Waals surface area contributed by atoms with Crippen LogP contribution in [-0.2, 0) is 32.6 Å². The smallest absolute Gasteiger partial charge is 0.264 e. The second-order valence-electron chi connectivity index (χ2n) is 10.5. The number of nitrogens with one attached hydrogen (secondary N) is 1. The van der Waals surface area contributed by atoms with Gasteiger partial charge >= 0.3 is 0 Å². The summed E-state index contributed by atoms with van der Waals surface area (Å²) in [5.41, 5.74) is 2.76. The lowest BCUT2D eigenvalue weighted by Gasteiger charge is -2.33. The fourth-order valence-electron chi connectivity index (χ4n) is 4.78. The lowest BCUT2D eigenvalue weighted by atomic mass is 10.0. The van der Waals surface area contributed by atoms with Gasteiger partial charge in [-0.3, -0.25) is 13.9 Å². The summed E-state index contributed by atoms with van der Waals surface area (Å²) < 4.78 is 42.8. The van der Waals surface area contributed by atoms with Crippen LogP contribution in [0.15, 0.2) is 114 Å². The van der Waals surface area contributed by atoms with E-state index in [1.54, 1.807) is 42.5 Å². The lowest BCUT2D eigenvalue weighted by molar-refractivity contribution is -0.139. The van der Waals surface area contributed by atoms with Gasteiger partial charge in [0.2, 0.25) is 11.8 Å². The third-order valence-electron chi connectivity index (χ3n) is 7.24. The number of hydrogen-bond acceptors (Lipinski definition) is 4. The molecule has 1 atom stereocenters. The molecule has 0 spiro atoms. The van der Waals surface area contributed by atoms with Crippen LogP contribution >= 0.6 is 0 Å². The molecule has 0 aliphatic carbocycles. The van der Waals surface area contributed by atoms with Crippen LogP contribution in [0.4, 0.5) is 10.1 Å². The standard InChI is InChI=1S/C34H36FN3O4S/c1-25(2)28-16-20-30(21-17-28)38(43(41,42)31-12-8-5-9-13-31)24-33(39)37(23-27-14-18-29(35)19-15-27)32(34(40)36-3)22-26-10-6-4-7-11-26/h4-21,25,32H,22-24H2,1-3H3,(H,36,40)/t32-/m0/s1. The highest BCUT2D eigenvalue weighted by molar-refractivity contribution is 7.92. The topological polar surface area (TPSA) is 86.8 Å². The zero-order valence-corrected chi connectivity index (χ0v) is 25.3. The molecule has 9 heteroatoms. The average molecular weight is 602 g/mol. The van der Waals surface area contributed by atoms with Gasteiger partial charge in [-0.15, -0.1) is 0 Å². The largest absolute Gasteiger partial charge is 0.357 e. The van der Waals surface area contributed by atoms with E-state index in [9.17, 15) is 22.4 Å². The maximum atomic E-state index is 14.3. The predicted molar refractivity (Wildman–Crippen MR) is 166 cm³/mol. The van der Waals surface area contributed by atoms with E-state index in [1.165, 1.54) is 36.2 Å². The molecule has 0 unspecified atom stereocenters. The molecule has 0 radical (unpaired) electrons. The Morgan fingerprint density at radius 3 is 1.93 bits per heavy atom. The first-order valence-electron chi connectivity index (χ1n) is 14.1. The summed E-state index contributed by atoms with van der Waals surface area (Å²) in [6, 6.07) is 28.9. The van der Waals surface area contributed by atoms with Gasteiger partial charge < -0.3 is 10.2 Å². The third-order valence-corrected chi connectivity index (χ3v) is 9.03. The van der Waals surface area contributed by atoms with Crippen molar-refractivity contribution in [2.45, 2.75) is 43.7 Å². The number of halogens is 1. The van der Waals surface area contributed by atoms with E-state index >= 15 is 0 Å². The molecule has 0 aliphatic rings. The zero-order chi connectivity index (χ0) is 31.0. The minimum atomic E-state index is -4.17. The van der Waals surface area contributed by atoms with E-state index < -0.39 is 40.2 Å². The van der Waals surface area contributed by atoms with Crippen molar-refractivity contribution < 1.29 is 22.4 Å². The van der Waals surface area contributed by atoms with Gasteiger partial charge in [0.25, 0.3) is 10.0 Å². The van der Waals surface area contributed by atoms with Crippen LogP contribution in [0.3, 0.4) is 0 Å². The molecule has 0 bridgehead atoms. The maximum Gasteiger partial charge on any atom is 0.264 e. The van der Waals surface area contributed by atoms with Crippen molar-refractivity contribution in [1.82, 2.24) is 10.2 Å². The van der Waals surface area contributed by atoms with Crippen molar-refractivity contribution in [2.75, 3.05) is 17.9 Å². The molecule has 0 saturated carbocycles. The molecule has 0 aliphatic heterocycles. The SMILES string of the molecule is CNC(=O)[C@H](Cc1ccccc1)N(Cc1ccc(F)cc1)C(=O)CN(c1ccc(C(C)C)cc1)S(=O)(=O)c1ccccc1. The number of nitrogens with zero attached hydrogens (tertiary/aromatic N) is 2. The molecule has 4 aromatic carbocycles. The van der Waals surface area contributed by atoms with Gasteiger partial charge in [-0.25, -0.2) is 12.8 Å².